The molecule has 5 heteroatoms. The van der Waals surface area contributed by atoms with Gasteiger partial charge in [-0.1, -0.05) is 15.9 Å². The second kappa shape index (κ2) is 4.41. The van der Waals surface area contributed by atoms with Crippen molar-refractivity contribution in [3.63, 3.8) is 0 Å². The molecule has 1 aromatic heterocycles. The van der Waals surface area contributed by atoms with E-state index in [1.54, 1.807) is 10.9 Å². The molecule has 1 aromatic rings. The lowest BCUT2D eigenvalue weighted by molar-refractivity contribution is -0.139. The molecule has 4 nitrogen and oxygen atoms in total. The number of ether oxygens (including phenoxy) is 1. The minimum Gasteiger partial charge on any atom is -0.468 e. The quantitative estimate of drug-likeness (QED) is 0.588. The molecule has 0 bridgehead atoms. The number of alkyl halides is 1. The smallest absolute Gasteiger partial charge is 0.319 e. The zero-order chi connectivity index (χ0) is 9.84. The Labute approximate surface area is 85.0 Å². The van der Waals surface area contributed by atoms with Crippen molar-refractivity contribution in [3.05, 3.63) is 18.0 Å². The van der Waals surface area contributed by atoms with Gasteiger partial charge in [0, 0.05) is 13.2 Å². The number of carbonyl (C=O) groups excluding carboxylic acids is 1. The standard InChI is InChI=1S/C8H11BrN2O2/c1-11-5-6(4-10-11)3-7(9)8(12)13-2/h4-5,7H,3H2,1-2H3. The van der Waals surface area contributed by atoms with Gasteiger partial charge in [-0.3, -0.25) is 9.48 Å². The van der Waals surface area contributed by atoms with Crippen LogP contribution in [0.1, 0.15) is 5.56 Å². The van der Waals surface area contributed by atoms with E-state index >= 15 is 0 Å². The van der Waals surface area contributed by atoms with Crippen molar-refractivity contribution in [2.75, 3.05) is 7.11 Å². The maximum absolute atomic E-state index is 11.0. The predicted octanol–water partition coefficient (Wildman–Crippen LogP) is 0.899. The average Bonchev–Trinajstić information content (AvgIpc) is 2.49. The Morgan fingerprint density at radius 1 is 1.85 bits per heavy atom. The van der Waals surface area contributed by atoms with Gasteiger partial charge in [0.15, 0.2) is 0 Å². The molecule has 0 N–H and O–H groups in total. The molecule has 0 saturated carbocycles. The molecule has 1 rings (SSSR count). The third kappa shape index (κ3) is 2.84. The van der Waals surface area contributed by atoms with Crippen molar-refractivity contribution in [2.24, 2.45) is 7.05 Å². The summed E-state index contributed by atoms with van der Waals surface area (Å²) in [5.41, 5.74) is 1.01. The average molecular weight is 247 g/mol. The number of halogens is 1. The van der Waals surface area contributed by atoms with E-state index in [9.17, 15) is 4.79 Å². The van der Waals surface area contributed by atoms with E-state index in [4.69, 9.17) is 0 Å². The fraction of sp³-hybridized carbons (Fsp3) is 0.500. The fourth-order valence-corrected chi connectivity index (χ4v) is 1.56. The third-order valence-corrected chi connectivity index (χ3v) is 2.33. The second-order valence-electron chi connectivity index (χ2n) is 2.72. The molecule has 0 fully saturated rings. The highest BCUT2D eigenvalue weighted by Gasteiger charge is 2.16. The zero-order valence-electron chi connectivity index (χ0n) is 7.53. The molecule has 1 heterocycles. The molecule has 0 radical (unpaired) electrons. The molecule has 13 heavy (non-hydrogen) atoms. The van der Waals surface area contributed by atoms with Gasteiger partial charge in [-0.05, 0) is 12.0 Å². The molecule has 0 amide bonds. The SMILES string of the molecule is COC(=O)C(Br)Cc1cnn(C)c1. The van der Waals surface area contributed by atoms with E-state index in [1.165, 1.54) is 7.11 Å². The van der Waals surface area contributed by atoms with E-state index in [2.05, 4.69) is 25.8 Å². The largest absolute Gasteiger partial charge is 0.468 e. The zero-order valence-corrected chi connectivity index (χ0v) is 9.11. The lowest BCUT2D eigenvalue weighted by Gasteiger charge is -2.04. The molecule has 72 valence electrons. The third-order valence-electron chi connectivity index (χ3n) is 1.63. The van der Waals surface area contributed by atoms with Crippen LogP contribution >= 0.6 is 15.9 Å². The number of methoxy groups -OCH3 is 1. The minimum absolute atomic E-state index is 0.260. The van der Waals surface area contributed by atoms with E-state index < -0.39 is 0 Å². The summed E-state index contributed by atoms with van der Waals surface area (Å²) in [6.45, 7) is 0. The summed E-state index contributed by atoms with van der Waals surface area (Å²) < 4.78 is 6.28. The first kappa shape index (κ1) is 10.2. The van der Waals surface area contributed by atoms with Gasteiger partial charge in [0.25, 0.3) is 0 Å². The number of aromatic nitrogens is 2. The van der Waals surface area contributed by atoms with Gasteiger partial charge in [0.1, 0.15) is 4.83 Å². The summed E-state index contributed by atoms with van der Waals surface area (Å²) in [5.74, 6) is -0.260. The van der Waals surface area contributed by atoms with Gasteiger partial charge >= 0.3 is 5.97 Å². The molecule has 0 aliphatic heterocycles. The maximum atomic E-state index is 11.0. The summed E-state index contributed by atoms with van der Waals surface area (Å²) in [4.78, 5) is 10.7. The normalized spacial score (nSPS) is 12.5. The minimum atomic E-state index is -0.290. The van der Waals surface area contributed by atoms with Crippen LogP contribution < -0.4 is 0 Å². The van der Waals surface area contributed by atoms with Crippen molar-refractivity contribution in [1.29, 1.82) is 0 Å². The Bertz CT molecular complexity index is 298. The Morgan fingerprint density at radius 3 is 3.00 bits per heavy atom. The molecule has 0 aliphatic carbocycles. The number of hydrogen-bond donors (Lipinski definition) is 0. The summed E-state index contributed by atoms with van der Waals surface area (Å²) in [6, 6.07) is 0. The van der Waals surface area contributed by atoms with Gasteiger partial charge in [-0.25, -0.2) is 0 Å². The molecule has 1 atom stereocenters. The van der Waals surface area contributed by atoms with Crippen molar-refractivity contribution in [2.45, 2.75) is 11.2 Å². The van der Waals surface area contributed by atoms with Gasteiger partial charge in [-0.2, -0.15) is 5.10 Å². The predicted molar refractivity (Wildman–Crippen MR) is 51.6 cm³/mol. The second-order valence-corrected chi connectivity index (χ2v) is 3.82. The van der Waals surface area contributed by atoms with Crippen LogP contribution in [0.2, 0.25) is 0 Å². The van der Waals surface area contributed by atoms with Crippen molar-refractivity contribution in [3.8, 4) is 0 Å². The lowest BCUT2D eigenvalue weighted by atomic mass is 10.2. The fourth-order valence-electron chi connectivity index (χ4n) is 0.995. The van der Waals surface area contributed by atoms with Crippen LogP contribution in [0.5, 0.6) is 0 Å². The number of rotatable bonds is 3. The van der Waals surface area contributed by atoms with Crippen LogP contribution in [0, 0.1) is 0 Å². The number of carbonyl (C=O) groups is 1. The summed E-state index contributed by atoms with van der Waals surface area (Å²) in [6.07, 6.45) is 4.20. The van der Waals surface area contributed by atoms with Gasteiger partial charge < -0.3 is 4.74 Å². The molecule has 0 spiro atoms. The number of hydrogen-bond acceptors (Lipinski definition) is 3. The first-order chi connectivity index (χ1) is 6.13. The first-order valence-electron chi connectivity index (χ1n) is 3.83. The Hall–Kier alpha value is -0.840. The molecule has 0 saturated heterocycles. The molecule has 0 aliphatic rings. The molecular formula is C8H11BrN2O2. The summed E-state index contributed by atoms with van der Waals surface area (Å²) >= 11 is 3.24. The van der Waals surface area contributed by atoms with Crippen molar-refractivity contribution in [1.82, 2.24) is 9.78 Å². The van der Waals surface area contributed by atoms with Crippen molar-refractivity contribution < 1.29 is 9.53 Å². The van der Waals surface area contributed by atoms with E-state index in [0.717, 1.165) is 5.56 Å². The van der Waals surface area contributed by atoms with Crippen LogP contribution in [0.25, 0.3) is 0 Å². The van der Waals surface area contributed by atoms with Crippen LogP contribution in [0.15, 0.2) is 12.4 Å². The van der Waals surface area contributed by atoms with Gasteiger partial charge in [0.05, 0.1) is 13.3 Å². The van der Waals surface area contributed by atoms with E-state index in [1.807, 2.05) is 13.2 Å². The van der Waals surface area contributed by atoms with Gasteiger partial charge in [0.2, 0.25) is 0 Å². The highest BCUT2D eigenvalue weighted by molar-refractivity contribution is 9.10. The summed E-state index contributed by atoms with van der Waals surface area (Å²) in [7, 11) is 3.21. The highest BCUT2D eigenvalue weighted by atomic mass is 79.9. The monoisotopic (exact) mass is 246 g/mol. The number of nitrogens with zero attached hydrogens (tertiary/aromatic N) is 2. The van der Waals surface area contributed by atoms with Crippen LogP contribution in [0.4, 0.5) is 0 Å². The number of aryl methyl sites for hydroxylation is 1. The first-order valence-corrected chi connectivity index (χ1v) is 4.74. The Kier molecular flexibility index (Phi) is 3.48. The van der Waals surface area contributed by atoms with Crippen molar-refractivity contribution >= 4 is 21.9 Å². The van der Waals surface area contributed by atoms with Gasteiger partial charge in [-0.15, -0.1) is 0 Å². The number of esters is 1. The maximum Gasteiger partial charge on any atom is 0.319 e. The van der Waals surface area contributed by atoms with Crippen LogP contribution in [-0.4, -0.2) is 27.7 Å². The topological polar surface area (TPSA) is 44.1 Å². The van der Waals surface area contributed by atoms with Crippen LogP contribution in [0.3, 0.4) is 0 Å². The Morgan fingerprint density at radius 2 is 2.54 bits per heavy atom. The van der Waals surface area contributed by atoms with E-state index in [-0.39, 0.29) is 10.8 Å². The highest BCUT2D eigenvalue weighted by Crippen LogP contribution is 2.10. The Balaban J connectivity index is 2.54. The molecule has 1 unspecified atom stereocenters. The molecule has 0 aromatic carbocycles. The summed E-state index contributed by atoms with van der Waals surface area (Å²) in [5, 5.41) is 4.00. The van der Waals surface area contributed by atoms with Crippen LogP contribution in [-0.2, 0) is 23.0 Å². The van der Waals surface area contributed by atoms with E-state index in [0.29, 0.717) is 6.42 Å². The molecular weight excluding hydrogens is 236 g/mol. The lowest BCUT2D eigenvalue weighted by Crippen LogP contribution is -2.17.